The minimum Gasteiger partial charge on any atom is -0.376 e. The van der Waals surface area contributed by atoms with Crippen molar-refractivity contribution in [2.45, 2.75) is 38.3 Å². The van der Waals surface area contributed by atoms with E-state index in [0.717, 1.165) is 27.6 Å². The van der Waals surface area contributed by atoms with E-state index in [4.69, 9.17) is 21.1 Å². The minimum atomic E-state index is -3.96. The van der Waals surface area contributed by atoms with Crippen molar-refractivity contribution in [3.05, 3.63) is 74.0 Å². The number of hydrogen-bond acceptors (Lipinski definition) is 5. The van der Waals surface area contributed by atoms with Gasteiger partial charge in [-0.1, -0.05) is 17.7 Å². The fraction of sp³-hybridized carbons (Fsp3) is 0.375. The van der Waals surface area contributed by atoms with E-state index in [-0.39, 0.29) is 30.2 Å². The van der Waals surface area contributed by atoms with Gasteiger partial charge in [0.25, 0.3) is 5.56 Å². The van der Waals surface area contributed by atoms with Crippen molar-refractivity contribution in [1.82, 2.24) is 9.29 Å². The highest BCUT2D eigenvalue weighted by molar-refractivity contribution is 7.89. The van der Waals surface area contributed by atoms with Crippen LogP contribution in [0.4, 0.5) is 0 Å². The number of sulfonamides is 1. The molecule has 0 bridgehead atoms. The van der Waals surface area contributed by atoms with E-state index in [1.54, 1.807) is 12.1 Å². The number of aromatic nitrogens is 1. The number of benzene rings is 2. The third-order valence-electron chi connectivity index (χ3n) is 5.96. The minimum absolute atomic E-state index is 0.0538. The Morgan fingerprint density at radius 3 is 2.52 bits per heavy atom. The van der Waals surface area contributed by atoms with Crippen LogP contribution in [0.2, 0.25) is 5.02 Å². The second kappa shape index (κ2) is 9.56. The number of ether oxygens (including phenoxy) is 2. The van der Waals surface area contributed by atoms with E-state index < -0.39 is 16.1 Å². The molecular weight excluding hydrogens is 464 g/mol. The second-order valence-corrected chi connectivity index (χ2v) is 10.8. The molecule has 0 saturated carbocycles. The lowest BCUT2D eigenvalue weighted by Crippen LogP contribution is -2.43. The molecule has 2 aromatic carbocycles. The molecule has 0 unspecified atom stereocenters. The first kappa shape index (κ1) is 23.9. The Hall–Kier alpha value is -2.23. The molecule has 3 aromatic rings. The molecule has 176 valence electrons. The topological polar surface area (TPSA) is 88.7 Å². The van der Waals surface area contributed by atoms with Gasteiger partial charge in [-0.05, 0) is 73.2 Å². The van der Waals surface area contributed by atoms with Gasteiger partial charge in [-0.2, -0.15) is 4.31 Å². The summed E-state index contributed by atoms with van der Waals surface area (Å²) < 4.78 is 39.6. The molecule has 0 radical (unpaired) electrons. The van der Waals surface area contributed by atoms with Gasteiger partial charge in [0, 0.05) is 29.2 Å². The van der Waals surface area contributed by atoms with Crippen LogP contribution in [0, 0.1) is 20.8 Å². The van der Waals surface area contributed by atoms with Crippen LogP contribution >= 0.6 is 11.6 Å². The average Bonchev–Trinajstić information content (AvgIpc) is 2.77. The Morgan fingerprint density at radius 1 is 1.06 bits per heavy atom. The number of hydrogen-bond donors (Lipinski definition) is 1. The molecule has 9 heteroatoms. The Morgan fingerprint density at radius 2 is 1.82 bits per heavy atom. The first-order valence-electron chi connectivity index (χ1n) is 10.7. The highest BCUT2D eigenvalue weighted by Gasteiger charge is 2.30. The number of rotatable bonds is 6. The standard InChI is InChI=1S/C24H27ClN2O5S/c1-15-4-5-21(11-22(15)25)33(29,30)27(13-20-14-31-6-7-32-20)12-19-10-18-8-16(2)17(3)9-23(18)26-24(19)28/h4-5,8-11,20H,6-7,12-14H2,1-3H3,(H,26,28)/t20-/m0/s1. The number of aromatic amines is 1. The summed E-state index contributed by atoms with van der Waals surface area (Å²) >= 11 is 6.21. The van der Waals surface area contributed by atoms with Gasteiger partial charge in [-0.25, -0.2) is 8.42 Å². The lowest BCUT2D eigenvalue weighted by Gasteiger charge is -2.29. The maximum atomic E-state index is 13.6. The zero-order valence-corrected chi connectivity index (χ0v) is 20.4. The van der Waals surface area contributed by atoms with Gasteiger partial charge in [0.05, 0.1) is 30.8 Å². The Kier molecular flexibility index (Phi) is 6.93. The van der Waals surface area contributed by atoms with Crippen molar-refractivity contribution in [2.24, 2.45) is 0 Å². The second-order valence-electron chi connectivity index (χ2n) is 8.42. The van der Waals surface area contributed by atoms with Gasteiger partial charge in [-0.3, -0.25) is 4.79 Å². The smallest absolute Gasteiger partial charge is 0.252 e. The van der Waals surface area contributed by atoms with Gasteiger partial charge in [0.2, 0.25) is 10.0 Å². The quantitative estimate of drug-likeness (QED) is 0.569. The van der Waals surface area contributed by atoms with Crippen LogP contribution in [0.1, 0.15) is 22.3 Å². The zero-order chi connectivity index (χ0) is 23.8. The lowest BCUT2D eigenvalue weighted by atomic mass is 10.0. The number of nitrogens with one attached hydrogen (secondary N) is 1. The monoisotopic (exact) mass is 490 g/mol. The fourth-order valence-corrected chi connectivity index (χ4v) is 5.55. The van der Waals surface area contributed by atoms with Gasteiger partial charge >= 0.3 is 0 Å². The molecule has 1 saturated heterocycles. The van der Waals surface area contributed by atoms with Crippen LogP contribution in [-0.2, 0) is 26.0 Å². The predicted molar refractivity (Wildman–Crippen MR) is 128 cm³/mol. The summed E-state index contributed by atoms with van der Waals surface area (Å²) in [7, 11) is -3.96. The molecule has 1 atom stereocenters. The van der Waals surface area contributed by atoms with E-state index >= 15 is 0 Å². The first-order chi connectivity index (χ1) is 15.6. The van der Waals surface area contributed by atoms with Crippen LogP contribution in [0.25, 0.3) is 10.9 Å². The molecule has 2 heterocycles. The van der Waals surface area contributed by atoms with Crippen molar-refractivity contribution in [3.8, 4) is 0 Å². The molecule has 4 rings (SSSR count). The van der Waals surface area contributed by atoms with E-state index in [1.165, 1.54) is 16.4 Å². The highest BCUT2D eigenvalue weighted by atomic mass is 35.5. The number of pyridine rings is 1. The molecule has 0 amide bonds. The number of aryl methyl sites for hydroxylation is 3. The number of nitrogens with zero attached hydrogens (tertiary/aromatic N) is 1. The largest absolute Gasteiger partial charge is 0.376 e. The summed E-state index contributed by atoms with van der Waals surface area (Å²) in [6, 6.07) is 10.3. The molecule has 0 aliphatic carbocycles. The number of H-pyrrole nitrogens is 1. The number of halogens is 1. The summed E-state index contributed by atoms with van der Waals surface area (Å²) in [4.78, 5) is 15.8. The lowest BCUT2D eigenvalue weighted by molar-refractivity contribution is -0.0923. The third-order valence-corrected chi connectivity index (χ3v) is 8.17. The highest BCUT2D eigenvalue weighted by Crippen LogP contribution is 2.25. The Balaban J connectivity index is 1.74. The van der Waals surface area contributed by atoms with Crippen molar-refractivity contribution >= 4 is 32.5 Å². The molecule has 1 fully saturated rings. The van der Waals surface area contributed by atoms with E-state index in [1.807, 2.05) is 32.9 Å². The van der Waals surface area contributed by atoms with Crippen molar-refractivity contribution in [3.63, 3.8) is 0 Å². The van der Waals surface area contributed by atoms with Gasteiger partial charge in [0.15, 0.2) is 0 Å². The van der Waals surface area contributed by atoms with Crippen molar-refractivity contribution in [2.75, 3.05) is 26.4 Å². The maximum Gasteiger partial charge on any atom is 0.252 e. The molecule has 0 spiro atoms. The zero-order valence-electron chi connectivity index (χ0n) is 18.9. The van der Waals surface area contributed by atoms with Crippen LogP contribution < -0.4 is 5.56 Å². The Bertz CT molecular complexity index is 1350. The summed E-state index contributed by atoms with van der Waals surface area (Å²) in [6.07, 6.45) is -0.432. The van der Waals surface area contributed by atoms with Crippen LogP contribution in [0.15, 0.2) is 46.1 Å². The summed E-state index contributed by atoms with van der Waals surface area (Å²) in [5, 5.41) is 1.21. The molecule has 1 N–H and O–H groups in total. The van der Waals surface area contributed by atoms with Crippen LogP contribution in [-0.4, -0.2) is 50.2 Å². The van der Waals surface area contributed by atoms with Crippen molar-refractivity contribution < 1.29 is 17.9 Å². The predicted octanol–water partition coefficient (Wildman–Crippen LogP) is 3.71. The van der Waals surface area contributed by atoms with E-state index in [9.17, 15) is 13.2 Å². The van der Waals surface area contributed by atoms with Crippen molar-refractivity contribution in [1.29, 1.82) is 0 Å². The summed E-state index contributed by atoms with van der Waals surface area (Å²) in [5.74, 6) is 0. The summed E-state index contributed by atoms with van der Waals surface area (Å²) in [5.41, 5.74) is 3.68. The molecular formula is C24H27ClN2O5S. The van der Waals surface area contributed by atoms with Gasteiger partial charge < -0.3 is 14.5 Å². The van der Waals surface area contributed by atoms with Gasteiger partial charge in [-0.15, -0.1) is 0 Å². The van der Waals surface area contributed by atoms with Crippen LogP contribution in [0.3, 0.4) is 0 Å². The Labute approximate surface area is 198 Å². The molecule has 33 heavy (non-hydrogen) atoms. The molecule has 1 aliphatic rings. The first-order valence-corrected chi connectivity index (χ1v) is 12.6. The average molecular weight is 491 g/mol. The SMILES string of the molecule is Cc1cc2cc(CN(C[C@H]3COCCO3)S(=O)(=O)c3ccc(C)c(Cl)c3)c(=O)[nH]c2cc1C. The van der Waals surface area contributed by atoms with Gasteiger partial charge in [0.1, 0.15) is 0 Å². The fourth-order valence-electron chi connectivity index (χ4n) is 3.83. The normalized spacial score (nSPS) is 17.1. The number of fused-ring (bicyclic) bond motifs is 1. The molecule has 1 aromatic heterocycles. The van der Waals surface area contributed by atoms with Crippen LogP contribution in [0.5, 0.6) is 0 Å². The van der Waals surface area contributed by atoms with E-state index in [2.05, 4.69) is 4.98 Å². The molecule has 1 aliphatic heterocycles. The summed E-state index contributed by atoms with van der Waals surface area (Å²) in [6.45, 7) is 6.88. The molecule has 7 nitrogen and oxygen atoms in total. The maximum absolute atomic E-state index is 13.6. The van der Waals surface area contributed by atoms with E-state index in [0.29, 0.717) is 23.8 Å². The third kappa shape index (κ3) is 5.15.